The van der Waals surface area contributed by atoms with Crippen molar-refractivity contribution >= 4 is 5.82 Å². The molecule has 1 N–H and O–H groups in total. The van der Waals surface area contributed by atoms with Crippen LogP contribution < -0.4 is 5.32 Å². The molecule has 0 unspecified atom stereocenters. The second kappa shape index (κ2) is 6.19. The van der Waals surface area contributed by atoms with Crippen LogP contribution in [0.15, 0.2) is 18.3 Å². The number of pyridine rings is 1. The van der Waals surface area contributed by atoms with Crippen molar-refractivity contribution in [2.24, 2.45) is 5.92 Å². The summed E-state index contributed by atoms with van der Waals surface area (Å²) < 4.78 is 0. The van der Waals surface area contributed by atoms with E-state index in [-0.39, 0.29) is 0 Å². The molecule has 1 aliphatic carbocycles. The Bertz CT molecular complexity index is 370. The first kappa shape index (κ1) is 13.3. The Labute approximate surface area is 111 Å². The van der Waals surface area contributed by atoms with Crippen molar-refractivity contribution in [3.63, 3.8) is 0 Å². The van der Waals surface area contributed by atoms with Gasteiger partial charge in [-0.15, -0.1) is 0 Å². The first-order valence-electron chi connectivity index (χ1n) is 7.02. The van der Waals surface area contributed by atoms with Gasteiger partial charge in [0.15, 0.2) is 0 Å². The molecule has 3 heteroatoms. The molecular formula is C15H25N3. The maximum absolute atomic E-state index is 4.37. The smallest absolute Gasteiger partial charge is 0.130 e. The number of hydrogen-bond donors (Lipinski definition) is 1. The zero-order valence-corrected chi connectivity index (χ0v) is 11.8. The van der Waals surface area contributed by atoms with Crippen molar-refractivity contribution in [3.05, 3.63) is 23.9 Å². The molecule has 3 nitrogen and oxygen atoms in total. The molecule has 0 bridgehead atoms. The van der Waals surface area contributed by atoms with Gasteiger partial charge in [-0.1, -0.05) is 13.0 Å². The minimum absolute atomic E-state index is 0.742. The lowest BCUT2D eigenvalue weighted by Crippen LogP contribution is -2.34. The fourth-order valence-corrected chi connectivity index (χ4v) is 2.87. The van der Waals surface area contributed by atoms with Crippen LogP contribution in [0.1, 0.15) is 38.2 Å². The normalized spacial score (nSPS) is 24.2. The lowest BCUT2D eigenvalue weighted by molar-refractivity contribution is 0.164. The van der Waals surface area contributed by atoms with Crippen LogP contribution in [0, 0.1) is 5.92 Å². The molecule has 0 saturated heterocycles. The number of anilines is 1. The van der Waals surface area contributed by atoms with E-state index in [4.69, 9.17) is 0 Å². The summed E-state index contributed by atoms with van der Waals surface area (Å²) in [4.78, 5) is 6.86. The highest BCUT2D eigenvalue weighted by molar-refractivity contribution is 5.42. The highest BCUT2D eigenvalue weighted by atomic mass is 15.1. The van der Waals surface area contributed by atoms with Crippen molar-refractivity contribution in [1.82, 2.24) is 9.88 Å². The average molecular weight is 247 g/mol. The molecule has 2 rings (SSSR count). The van der Waals surface area contributed by atoms with Gasteiger partial charge in [0.1, 0.15) is 5.82 Å². The molecule has 1 aromatic heterocycles. The summed E-state index contributed by atoms with van der Waals surface area (Å²) in [6.07, 6.45) is 7.28. The van der Waals surface area contributed by atoms with E-state index in [1.807, 2.05) is 19.3 Å². The second-order valence-corrected chi connectivity index (χ2v) is 5.59. The monoisotopic (exact) mass is 247 g/mol. The highest BCUT2D eigenvalue weighted by Crippen LogP contribution is 2.27. The van der Waals surface area contributed by atoms with Crippen molar-refractivity contribution in [2.45, 2.75) is 45.2 Å². The standard InChI is InChI=1S/C15H25N3/c1-12-6-8-14(9-7-12)18(3)11-13-5-4-10-17-15(13)16-2/h4-5,10,12,14H,6-9,11H2,1-3H3,(H,16,17). The van der Waals surface area contributed by atoms with E-state index >= 15 is 0 Å². The lowest BCUT2D eigenvalue weighted by Gasteiger charge is -2.33. The first-order chi connectivity index (χ1) is 8.70. The number of rotatable bonds is 4. The quantitative estimate of drug-likeness (QED) is 0.886. The Balaban J connectivity index is 1.96. The van der Waals surface area contributed by atoms with E-state index in [0.717, 1.165) is 24.3 Å². The predicted molar refractivity (Wildman–Crippen MR) is 76.7 cm³/mol. The van der Waals surface area contributed by atoms with Crippen LogP contribution in [0.2, 0.25) is 0 Å². The highest BCUT2D eigenvalue weighted by Gasteiger charge is 2.22. The molecule has 1 aromatic rings. The van der Waals surface area contributed by atoms with E-state index in [2.05, 4.69) is 35.2 Å². The zero-order chi connectivity index (χ0) is 13.0. The van der Waals surface area contributed by atoms with Crippen molar-refractivity contribution in [1.29, 1.82) is 0 Å². The van der Waals surface area contributed by atoms with E-state index in [1.54, 1.807) is 0 Å². The predicted octanol–water partition coefficient (Wildman–Crippen LogP) is 3.13. The summed E-state index contributed by atoms with van der Waals surface area (Å²) in [6.45, 7) is 3.36. The van der Waals surface area contributed by atoms with E-state index in [9.17, 15) is 0 Å². The third-order valence-corrected chi connectivity index (χ3v) is 4.16. The average Bonchev–Trinajstić information content (AvgIpc) is 2.40. The van der Waals surface area contributed by atoms with Gasteiger partial charge in [0.2, 0.25) is 0 Å². The first-order valence-corrected chi connectivity index (χ1v) is 7.02. The lowest BCUT2D eigenvalue weighted by atomic mass is 9.86. The minimum Gasteiger partial charge on any atom is -0.373 e. The van der Waals surface area contributed by atoms with Gasteiger partial charge in [0.05, 0.1) is 0 Å². The molecule has 0 spiro atoms. The molecule has 1 aliphatic rings. The fourth-order valence-electron chi connectivity index (χ4n) is 2.87. The minimum atomic E-state index is 0.742. The zero-order valence-electron chi connectivity index (χ0n) is 11.8. The maximum Gasteiger partial charge on any atom is 0.130 e. The summed E-state index contributed by atoms with van der Waals surface area (Å²) in [5.74, 6) is 1.93. The van der Waals surface area contributed by atoms with Crippen LogP contribution in [0.25, 0.3) is 0 Å². The number of aromatic nitrogens is 1. The summed E-state index contributed by atoms with van der Waals surface area (Å²) in [7, 11) is 4.18. The fraction of sp³-hybridized carbons (Fsp3) is 0.667. The van der Waals surface area contributed by atoms with Crippen LogP contribution in [-0.2, 0) is 6.54 Å². The van der Waals surface area contributed by atoms with Crippen LogP contribution >= 0.6 is 0 Å². The topological polar surface area (TPSA) is 28.2 Å². The molecule has 0 atom stereocenters. The van der Waals surface area contributed by atoms with Crippen molar-refractivity contribution in [3.8, 4) is 0 Å². The van der Waals surface area contributed by atoms with E-state index < -0.39 is 0 Å². The summed E-state index contributed by atoms with van der Waals surface area (Å²) in [5.41, 5.74) is 1.29. The second-order valence-electron chi connectivity index (χ2n) is 5.59. The van der Waals surface area contributed by atoms with E-state index in [1.165, 1.54) is 31.2 Å². The third kappa shape index (κ3) is 3.22. The van der Waals surface area contributed by atoms with Crippen LogP contribution in [-0.4, -0.2) is 30.0 Å². The molecule has 0 aliphatic heterocycles. The van der Waals surface area contributed by atoms with Gasteiger partial charge < -0.3 is 5.32 Å². The van der Waals surface area contributed by atoms with Crippen LogP contribution in [0.3, 0.4) is 0 Å². The molecule has 0 amide bonds. The number of hydrogen-bond acceptors (Lipinski definition) is 3. The molecule has 0 aromatic carbocycles. The van der Waals surface area contributed by atoms with Gasteiger partial charge in [0.25, 0.3) is 0 Å². The SMILES string of the molecule is CNc1ncccc1CN(C)C1CCC(C)CC1. The Morgan fingerprint density at radius 3 is 2.72 bits per heavy atom. The Hall–Kier alpha value is -1.09. The molecular weight excluding hydrogens is 222 g/mol. The Kier molecular flexibility index (Phi) is 4.59. The third-order valence-electron chi connectivity index (χ3n) is 4.16. The van der Waals surface area contributed by atoms with Gasteiger partial charge >= 0.3 is 0 Å². The molecule has 0 radical (unpaired) electrons. The summed E-state index contributed by atoms with van der Waals surface area (Å²) >= 11 is 0. The van der Waals surface area contributed by atoms with Crippen molar-refractivity contribution < 1.29 is 0 Å². The number of nitrogens with one attached hydrogen (secondary N) is 1. The van der Waals surface area contributed by atoms with Gasteiger partial charge in [-0.05, 0) is 44.7 Å². The van der Waals surface area contributed by atoms with Gasteiger partial charge in [-0.2, -0.15) is 0 Å². The summed E-state index contributed by atoms with van der Waals surface area (Å²) in [6, 6.07) is 4.93. The van der Waals surface area contributed by atoms with E-state index in [0.29, 0.717) is 0 Å². The molecule has 1 heterocycles. The van der Waals surface area contributed by atoms with Gasteiger partial charge in [-0.25, -0.2) is 4.98 Å². The largest absolute Gasteiger partial charge is 0.373 e. The van der Waals surface area contributed by atoms with Crippen molar-refractivity contribution in [2.75, 3.05) is 19.4 Å². The van der Waals surface area contributed by atoms with Gasteiger partial charge in [-0.3, -0.25) is 4.90 Å². The molecule has 100 valence electrons. The Morgan fingerprint density at radius 1 is 1.33 bits per heavy atom. The molecule has 18 heavy (non-hydrogen) atoms. The summed E-state index contributed by atoms with van der Waals surface area (Å²) in [5, 5.41) is 3.17. The molecule has 1 saturated carbocycles. The molecule has 1 fully saturated rings. The van der Waals surface area contributed by atoms with Gasteiger partial charge in [0, 0.05) is 31.4 Å². The maximum atomic E-state index is 4.37. The number of nitrogens with zero attached hydrogens (tertiary/aromatic N) is 2. The van der Waals surface area contributed by atoms with Crippen LogP contribution in [0.5, 0.6) is 0 Å². The van der Waals surface area contributed by atoms with Crippen LogP contribution in [0.4, 0.5) is 5.82 Å². The Morgan fingerprint density at radius 2 is 2.06 bits per heavy atom.